The maximum absolute atomic E-state index is 12.6. The summed E-state index contributed by atoms with van der Waals surface area (Å²) in [7, 11) is 0. The molecule has 0 spiro atoms. The number of aryl methyl sites for hydroxylation is 2. The maximum Gasteiger partial charge on any atom is 0.322 e. The molecule has 2 amide bonds. The van der Waals surface area contributed by atoms with E-state index in [1.54, 1.807) is 16.5 Å². The van der Waals surface area contributed by atoms with Gasteiger partial charge in [-0.15, -0.1) is 0 Å². The summed E-state index contributed by atoms with van der Waals surface area (Å²) in [6.45, 7) is 9.46. The minimum Gasteiger partial charge on any atom is -0.392 e. The summed E-state index contributed by atoms with van der Waals surface area (Å²) < 4.78 is 1.71. The highest BCUT2D eigenvalue weighted by Gasteiger charge is 2.20. The van der Waals surface area contributed by atoms with Crippen LogP contribution in [0, 0.1) is 13.8 Å². The Kier molecular flexibility index (Phi) is 5.56. The normalized spacial score (nSPS) is 12.3. The van der Waals surface area contributed by atoms with Crippen LogP contribution in [0.3, 0.4) is 0 Å². The summed E-state index contributed by atoms with van der Waals surface area (Å²) >= 11 is 0. The van der Waals surface area contributed by atoms with Gasteiger partial charge in [-0.2, -0.15) is 5.10 Å². The lowest BCUT2D eigenvalue weighted by Crippen LogP contribution is -2.43. The van der Waals surface area contributed by atoms with E-state index in [2.05, 4.69) is 15.4 Å². The fraction of sp³-hybridized carbons (Fsp3) is 0.471. The molecule has 0 aliphatic heterocycles. The molecule has 0 saturated heterocycles. The lowest BCUT2D eigenvalue weighted by Gasteiger charge is -2.28. The highest BCUT2D eigenvalue weighted by atomic mass is 16.3. The number of carbonyl (C=O) groups is 1. The van der Waals surface area contributed by atoms with Gasteiger partial charge in [-0.05, 0) is 46.8 Å². The number of anilines is 1. The minimum absolute atomic E-state index is 0.0258. The van der Waals surface area contributed by atoms with Gasteiger partial charge in [0.05, 0.1) is 17.5 Å². The summed E-state index contributed by atoms with van der Waals surface area (Å²) in [6, 6.07) is 7.16. The number of aromatic nitrogens is 3. The monoisotopic (exact) mass is 331 g/mol. The van der Waals surface area contributed by atoms with E-state index in [1.807, 2.05) is 52.0 Å². The molecule has 2 aromatic rings. The van der Waals surface area contributed by atoms with Crippen molar-refractivity contribution in [2.45, 2.75) is 46.8 Å². The molecule has 1 heterocycles. The molecule has 0 aliphatic carbocycles. The number of rotatable bonds is 5. The van der Waals surface area contributed by atoms with Crippen molar-refractivity contribution in [1.29, 1.82) is 0 Å². The van der Waals surface area contributed by atoms with E-state index in [0.717, 1.165) is 11.5 Å². The van der Waals surface area contributed by atoms with Gasteiger partial charge in [-0.25, -0.2) is 14.5 Å². The van der Waals surface area contributed by atoms with Crippen molar-refractivity contribution in [3.8, 4) is 5.69 Å². The van der Waals surface area contributed by atoms with Crippen LogP contribution in [0.25, 0.3) is 5.69 Å². The smallest absolute Gasteiger partial charge is 0.322 e. The maximum atomic E-state index is 12.6. The Morgan fingerprint density at radius 3 is 2.50 bits per heavy atom. The minimum atomic E-state index is -0.589. The van der Waals surface area contributed by atoms with Crippen LogP contribution in [-0.4, -0.2) is 49.5 Å². The zero-order valence-electron chi connectivity index (χ0n) is 14.8. The predicted molar refractivity (Wildman–Crippen MR) is 93.4 cm³/mol. The van der Waals surface area contributed by atoms with Crippen molar-refractivity contribution in [3.63, 3.8) is 0 Å². The molecule has 2 rings (SSSR count). The van der Waals surface area contributed by atoms with E-state index < -0.39 is 6.10 Å². The Morgan fingerprint density at radius 2 is 1.96 bits per heavy atom. The number of hydrogen-bond acceptors (Lipinski definition) is 4. The first-order chi connectivity index (χ1) is 11.3. The van der Waals surface area contributed by atoms with E-state index >= 15 is 0 Å². The van der Waals surface area contributed by atoms with Crippen molar-refractivity contribution < 1.29 is 9.90 Å². The van der Waals surface area contributed by atoms with E-state index in [0.29, 0.717) is 11.5 Å². The fourth-order valence-corrected chi connectivity index (χ4v) is 2.51. The molecule has 7 heteroatoms. The van der Waals surface area contributed by atoms with Gasteiger partial charge in [0.2, 0.25) is 0 Å². The first-order valence-corrected chi connectivity index (χ1v) is 8.05. The SMILES string of the molecule is Cc1nc(C)n(-c2ccccc2NC(=O)N(CC(C)O)C(C)C)n1. The molecular formula is C17H25N5O2. The molecule has 2 N–H and O–H groups in total. The average molecular weight is 331 g/mol. The lowest BCUT2D eigenvalue weighted by molar-refractivity contribution is 0.125. The Labute approximate surface area is 142 Å². The average Bonchev–Trinajstić information content (AvgIpc) is 2.83. The Balaban J connectivity index is 2.30. The van der Waals surface area contributed by atoms with Gasteiger partial charge in [-0.3, -0.25) is 0 Å². The number of aliphatic hydroxyl groups excluding tert-OH is 1. The van der Waals surface area contributed by atoms with Crippen LogP contribution in [0.2, 0.25) is 0 Å². The third kappa shape index (κ3) is 4.11. The number of urea groups is 1. The molecule has 1 atom stereocenters. The van der Waals surface area contributed by atoms with Crippen LogP contribution >= 0.6 is 0 Å². The van der Waals surface area contributed by atoms with Gasteiger partial charge >= 0.3 is 6.03 Å². The first-order valence-electron chi connectivity index (χ1n) is 8.05. The number of para-hydroxylation sites is 2. The second-order valence-corrected chi connectivity index (χ2v) is 6.16. The van der Waals surface area contributed by atoms with Crippen LogP contribution in [0.4, 0.5) is 10.5 Å². The van der Waals surface area contributed by atoms with Gasteiger partial charge in [0.15, 0.2) is 0 Å². The largest absolute Gasteiger partial charge is 0.392 e. The third-order valence-corrected chi connectivity index (χ3v) is 3.59. The van der Waals surface area contributed by atoms with Crippen LogP contribution in [-0.2, 0) is 0 Å². The molecule has 0 radical (unpaired) electrons. The van der Waals surface area contributed by atoms with Crippen LogP contribution in [0.15, 0.2) is 24.3 Å². The van der Waals surface area contributed by atoms with Gasteiger partial charge < -0.3 is 15.3 Å². The Morgan fingerprint density at radius 1 is 1.29 bits per heavy atom. The summed E-state index contributed by atoms with van der Waals surface area (Å²) in [5.74, 6) is 1.42. The third-order valence-electron chi connectivity index (χ3n) is 3.59. The van der Waals surface area contributed by atoms with Crippen molar-refractivity contribution in [2.24, 2.45) is 0 Å². The van der Waals surface area contributed by atoms with Crippen LogP contribution < -0.4 is 5.32 Å². The molecule has 0 fully saturated rings. The molecule has 24 heavy (non-hydrogen) atoms. The Hall–Kier alpha value is -2.41. The van der Waals surface area contributed by atoms with Gasteiger partial charge in [0, 0.05) is 12.6 Å². The topological polar surface area (TPSA) is 83.3 Å². The number of amides is 2. The highest BCUT2D eigenvalue weighted by molar-refractivity contribution is 5.91. The predicted octanol–water partition coefficient (Wildman–Crippen LogP) is 2.51. The van der Waals surface area contributed by atoms with Crippen molar-refractivity contribution in [2.75, 3.05) is 11.9 Å². The van der Waals surface area contributed by atoms with Gasteiger partial charge in [-0.1, -0.05) is 12.1 Å². The molecule has 7 nitrogen and oxygen atoms in total. The summed E-state index contributed by atoms with van der Waals surface area (Å²) in [5, 5.41) is 16.9. The van der Waals surface area contributed by atoms with Crippen LogP contribution in [0.1, 0.15) is 32.4 Å². The molecular weight excluding hydrogens is 306 g/mol. The molecule has 1 aromatic heterocycles. The second-order valence-electron chi connectivity index (χ2n) is 6.16. The summed E-state index contributed by atoms with van der Waals surface area (Å²) in [6.07, 6.45) is -0.589. The fourth-order valence-electron chi connectivity index (χ4n) is 2.51. The Bertz CT molecular complexity index is 709. The van der Waals surface area contributed by atoms with E-state index in [9.17, 15) is 9.90 Å². The standard InChI is InChI=1S/C17H25N5O2/c1-11(2)21(10-12(3)23)17(24)19-15-8-6-7-9-16(15)22-14(5)18-13(4)20-22/h6-9,11-12,23H,10H2,1-5H3,(H,19,24). The number of nitrogens with one attached hydrogen (secondary N) is 1. The number of nitrogens with zero attached hydrogens (tertiary/aromatic N) is 4. The molecule has 1 unspecified atom stereocenters. The van der Waals surface area contributed by atoms with Gasteiger partial charge in [0.1, 0.15) is 11.6 Å². The summed E-state index contributed by atoms with van der Waals surface area (Å²) in [4.78, 5) is 18.5. The number of carbonyl (C=O) groups excluding carboxylic acids is 1. The second kappa shape index (κ2) is 7.44. The van der Waals surface area contributed by atoms with E-state index in [1.165, 1.54) is 0 Å². The molecule has 1 aromatic carbocycles. The molecule has 0 aliphatic rings. The zero-order valence-corrected chi connectivity index (χ0v) is 14.8. The zero-order chi connectivity index (χ0) is 17.9. The number of aliphatic hydroxyl groups is 1. The van der Waals surface area contributed by atoms with E-state index in [4.69, 9.17) is 0 Å². The van der Waals surface area contributed by atoms with E-state index in [-0.39, 0.29) is 18.6 Å². The van der Waals surface area contributed by atoms with Crippen molar-refractivity contribution in [3.05, 3.63) is 35.9 Å². The van der Waals surface area contributed by atoms with Gasteiger partial charge in [0.25, 0.3) is 0 Å². The first kappa shape index (κ1) is 17.9. The molecule has 0 bridgehead atoms. The van der Waals surface area contributed by atoms with Crippen molar-refractivity contribution in [1.82, 2.24) is 19.7 Å². The highest BCUT2D eigenvalue weighted by Crippen LogP contribution is 2.21. The summed E-state index contributed by atoms with van der Waals surface area (Å²) in [5.41, 5.74) is 1.40. The molecule has 130 valence electrons. The van der Waals surface area contributed by atoms with Crippen molar-refractivity contribution >= 4 is 11.7 Å². The quantitative estimate of drug-likeness (QED) is 0.882. The molecule has 0 saturated carbocycles. The number of hydrogen-bond donors (Lipinski definition) is 2. The lowest BCUT2D eigenvalue weighted by atomic mass is 10.2. The van der Waals surface area contributed by atoms with Crippen LogP contribution in [0.5, 0.6) is 0 Å². The number of benzene rings is 1.